The van der Waals surface area contributed by atoms with Gasteiger partial charge in [0.2, 0.25) is 0 Å². The zero-order chi connectivity index (χ0) is 16.0. The molecule has 0 aliphatic rings. The van der Waals surface area contributed by atoms with E-state index in [2.05, 4.69) is 5.32 Å². The minimum atomic E-state index is -0.543. The summed E-state index contributed by atoms with van der Waals surface area (Å²) in [4.78, 5) is 24.7. The molecule has 0 aromatic heterocycles. The van der Waals surface area contributed by atoms with Gasteiger partial charge in [-0.2, -0.15) is 0 Å². The van der Waals surface area contributed by atoms with E-state index < -0.39 is 4.92 Å². The van der Waals surface area contributed by atoms with Crippen LogP contribution in [-0.4, -0.2) is 35.9 Å². The van der Waals surface area contributed by atoms with E-state index in [-0.39, 0.29) is 27.9 Å². The standard InChI is InChI=1S/C14H20ClN3O3/c1-4-6-17(7-5-2)14(19)10-8-11(15)13(16-3)12(9-10)18(20)21/h8-9,16H,4-7H2,1-3H3. The van der Waals surface area contributed by atoms with Crippen LogP contribution in [0.3, 0.4) is 0 Å². The topological polar surface area (TPSA) is 75.5 Å². The third-order valence-corrected chi connectivity index (χ3v) is 3.34. The van der Waals surface area contributed by atoms with Gasteiger partial charge in [-0.25, -0.2) is 0 Å². The van der Waals surface area contributed by atoms with Crippen LogP contribution in [0.5, 0.6) is 0 Å². The number of anilines is 1. The van der Waals surface area contributed by atoms with Crippen LogP contribution in [0.15, 0.2) is 12.1 Å². The van der Waals surface area contributed by atoms with Gasteiger partial charge in [0.05, 0.1) is 9.95 Å². The van der Waals surface area contributed by atoms with Crippen LogP contribution in [0.4, 0.5) is 11.4 Å². The summed E-state index contributed by atoms with van der Waals surface area (Å²) in [6.07, 6.45) is 1.66. The Hall–Kier alpha value is -1.82. The minimum Gasteiger partial charge on any atom is -0.381 e. The minimum absolute atomic E-state index is 0.169. The highest BCUT2D eigenvalue weighted by Gasteiger charge is 2.23. The molecule has 1 N–H and O–H groups in total. The molecule has 0 bridgehead atoms. The lowest BCUT2D eigenvalue weighted by Crippen LogP contribution is -2.32. The van der Waals surface area contributed by atoms with Gasteiger partial charge in [0, 0.05) is 31.8 Å². The number of nitro benzene ring substituents is 1. The van der Waals surface area contributed by atoms with Crippen molar-refractivity contribution in [3.05, 3.63) is 32.8 Å². The zero-order valence-electron chi connectivity index (χ0n) is 12.5. The molecular weight excluding hydrogens is 294 g/mol. The smallest absolute Gasteiger partial charge is 0.294 e. The summed E-state index contributed by atoms with van der Waals surface area (Å²) in [6, 6.07) is 2.75. The third kappa shape index (κ3) is 4.07. The Balaban J connectivity index is 3.23. The van der Waals surface area contributed by atoms with E-state index in [0.717, 1.165) is 12.8 Å². The van der Waals surface area contributed by atoms with Crippen LogP contribution in [0, 0.1) is 10.1 Å². The molecule has 0 saturated heterocycles. The summed E-state index contributed by atoms with van der Waals surface area (Å²) >= 11 is 6.04. The molecule has 0 aliphatic carbocycles. The molecule has 0 heterocycles. The second-order valence-electron chi connectivity index (χ2n) is 4.65. The molecule has 0 aliphatic heterocycles. The summed E-state index contributed by atoms with van der Waals surface area (Å²) in [5.41, 5.74) is 0.268. The van der Waals surface area contributed by atoms with Crippen LogP contribution in [-0.2, 0) is 0 Å². The molecule has 0 unspecified atom stereocenters. The molecule has 116 valence electrons. The predicted molar refractivity (Wildman–Crippen MR) is 84.1 cm³/mol. The van der Waals surface area contributed by atoms with Crippen LogP contribution in [0.1, 0.15) is 37.0 Å². The molecule has 0 radical (unpaired) electrons. The van der Waals surface area contributed by atoms with E-state index >= 15 is 0 Å². The summed E-state index contributed by atoms with van der Waals surface area (Å²) < 4.78 is 0. The number of hydrogen-bond donors (Lipinski definition) is 1. The molecule has 0 atom stereocenters. The molecule has 1 rings (SSSR count). The number of carbonyl (C=O) groups excluding carboxylic acids is 1. The molecule has 7 heteroatoms. The highest BCUT2D eigenvalue weighted by Crippen LogP contribution is 2.33. The van der Waals surface area contributed by atoms with Gasteiger partial charge in [0.15, 0.2) is 0 Å². The largest absolute Gasteiger partial charge is 0.381 e. The first-order valence-electron chi connectivity index (χ1n) is 6.91. The van der Waals surface area contributed by atoms with E-state index in [1.165, 1.54) is 12.1 Å². The molecule has 1 amide bonds. The van der Waals surface area contributed by atoms with Crippen molar-refractivity contribution in [1.29, 1.82) is 0 Å². The number of nitrogens with one attached hydrogen (secondary N) is 1. The number of rotatable bonds is 7. The van der Waals surface area contributed by atoms with Gasteiger partial charge in [-0.1, -0.05) is 25.4 Å². The fourth-order valence-electron chi connectivity index (χ4n) is 2.14. The maximum absolute atomic E-state index is 12.5. The lowest BCUT2D eigenvalue weighted by atomic mass is 10.1. The van der Waals surface area contributed by atoms with Gasteiger partial charge in [-0.05, 0) is 18.9 Å². The number of amides is 1. The van der Waals surface area contributed by atoms with E-state index in [0.29, 0.717) is 13.1 Å². The Bertz CT molecular complexity index is 528. The van der Waals surface area contributed by atoms with Gasteiger partial charge in [0.1, 0.15) is 5.69 Å². The fourth-order valence-corrected chi connectivity index (χ4v) is 2.45. The fraction of sp³-hybridized carbons (Fsp3) is 0.500. The summed E-state index contributed by atoms with van der Waals surface area (Å²) in [5, 5.41) is 14.0. The van der Waals surface area contributed by atoms with E-state index in [1.807, 2.05) is 13.8 Å². The highest BCUT2D eigenvalue weighted by molar-refractivity contribution is 6.34. The van der Waals surface area contributed by atoms with E-state index in [1.54, 1.807) is 11.9 Å². The maximum atomic E-state index is 12.5. The number of halogens is 1. The lowest BCUT2D eigenvalue weighted by Gasteiger charge is -2.21. The van der Waals surface area contributed by atoms with Crippen molar-refractivity contribution in [1.82, 2.24) is 4.90 Å². The van der Waals surface area contributed by atoms with Gasteiger partial charge >= 0.3 is 0 Å². The van der Waals surface area contributed by atoms with Gasteiger partial charge in [-0.15, -0.1) is 0 Å². The van der Waals surface area contributed by atoms with Crippen LogP contribution < -0.4 is 5.32 Å². The first-order chi connectivity index (χ1) is 9.96. The monoisotopic (exact) mass is 313 g/mol. The first kappa shape index (κ1) is 17.2. The van der Waals surface area contributed by atoms with E-state index in [4.69, 9.17) is 11.6 Å². The van der Waals surface area contributed by atoms with Gasteiger partial charge < -0.3 is 10.2 Å². The second kappa shape index (κ2) is 7.83. The average Bonchev–Trinajstić information content (AvgIpc) is 2.45. The van der Waals surface area contributed by atoms with Crippen LogP contribution in [0.25, 0.3) is 0 Å². The first-order valence-corrected chi connectivity index (χ1v) is 7.28. The Labute approximate surface area is 129 Å². The maximum Gasteiger partial charge on any atom is 0.294 e. The van der Waals surface area contributed by atoms with Gasteiger partial charge in [0.25, 0.3) is 11.6 Å². The highest BCUT2D eigenvalue weighted by atomic mass is 35.5. The Morgan fingerprint density at radius 1 is 1.33 bits per heavy atom. The predicted octanol–water partition coefficient (Wildman–Crippen LogP) is 3.55. The number of benzene rings is 1. The Morgan fingerprint density at radius 2 is 1.90 bits per heavy atom. The zero-order valence-corrected chi connectivity index (χ0v) is 13.2. The number of carbonyl (C=O) groups is 1. The normalized spacial score (nSPS) is 10.3. The quantitative estimate of drug-likeness (QED) is 0.617. The summed E-state index contributed by atoms with van der Waals surface area (Å²) in [6.45, 7) is 5.20. The molecule has 6 nitrogen and oxygen atoms in total. The van der Waals surface area contributed by atoms with Crippen molar-refractivity contribution in [2.75, 3.05) is 25.5 Å². The van der Waals surface area contributed by atoms with Crippen molar-refractivity contribution in [3.8, 4) is 0 Å². The second-order valence-corrected chi connectivity index (χ2v) is 5.06. The van der Waals surface area contributed by atoms with Crippen LogP contribution in [0.2, 0.25) is 5.02 Å². The average molecular weight is 314 g/mol. The molecular formula is C14H20ClN3O3. The molecule has 21 heavy (non-hydrogen) atoms. The number of hydrogen-bond acceptors (Lipinski definition) is 4. The SMILES string of the molecule is CCCN(CCC)C(=O)c1cc(Cl)c(NC)c([N+](=O)[O-])c1. The number of nitrogens with zero attached hydrogens (tertiary/aromatic N) is 2. The lowest BCUT2D eigenvalue weighted by molar-refractivity contribution is -0.384. The van der Waals surface area contributed by atoms with Gasteiger partial charge in [-0.3, -0.25) is 14.9 Å². The van der Waals surface area contributed by atoms with Crippen molar-refractivity contribution >= 4 is 28.9 Å². The molecule has 0 saturated carbocycles. The van der Waals surface area contributed by atoms with Crippen molar-refractivity contribution in [2.24, 2.45) is 0 Å². The molecule has 0 fully saturated rings. The molecule has 1 aromatic rings. The van der Waals surface area contributed by atoms with Crippen molar-refractivity contribution in [2.45, 2.75) is 26.7 Å². The van der Waals surface area contributed by atoms with Crippen LogP contribution >= 0.6 is 11.6 Å². The summed E-state index contributed by atoms with van der Waals surface area (Å²) in [7, 11) is 1.55. The molecule has 0 spiro atoms. The Kier molecular flexibility index (Phi) is 6.42. The summed E-state index contributed by atoms with van der Waals surface area (Å²) in [5.74, 6) is -0.230. The van der Waals surface area contributed by atoms with E-state index in [9.17, 15) is 14.9 Å². The Morgan fingerprint density at radius 3 is 2.33 bits per heavy atom. The molecule has 1 aromatic carbocycles. The van der Waals surface area contributed by atoms with Crippen molar-refractivity contribution < 1.29 is 9.72 Å². The third-order valence-electron chi connectivity index (χ3n) is 3.04. The number of nitro groups is 1. The van der Waals surface area contributed by atoms with Crippen molar-refractivity contribution in [3.63, 3.8) is 0 Å².